The molecule has 2 atom stereocenters. The Bertz CT molecular complexity index is 857. The summed E-state index contributed by atoms with van der Waals surface area (Å²) in [5.41, 5.74) is 9.18. The molecule has 2 aliphatic heterocycles. The van der Waals surface area contributed by atoms with Crippen LogP contribution >= 0.6 is 24.0 Å². The quantitative estimate of drug-likeness (QED) is 0.738. The van der Waals surface area contributed by atoms with Gasteiger partial charge in [-0.1, -0.05) is 49.1 Å². The summed E-state index contributed by atoms with van der Waals surface area (Å²) in [6.07, 6.45) is 3.33. The highest BCUT2D eigenvalue weighted by Gasteiger charge is 2.36. The molecule has 1 saturated heterocycles. The van der Waals surface area contributed by atoms with E-state index in [1.165, 1.54) is 15.5 Å². The number of rotatable bonds is 5. The number of para-hydroxylation sites is 1. The van der Waals surface area contributed by atoms with Crippen LogP contribution in [0.4, 0.5) is 11.4 Å². The standard InChI is InChI=1S/C21H25N3OS2/c1-2-20(23-11-5-6-15(23)13-25)24-16-7-3-4-8-18(16)27-19-10-9-14(21(22)26)12-17(19)24/h3-4,7-10,12,15,20,25H,2,5-6,11,13H2,1H3,(H2,22,26). The molecular formula is C21H25N3OS2. The minimum Gasteiger partial charge on any atom is -0.395 e. The molecule has 3 N–H and O–H groups in total. The van der Waals surface area contributed by atoms with E-state index in [0.717, 1.165) is 37.1 Å². The van der Waals surface area contributed by atoms with E-state index in [-0.39, 0.29) is 18.8 Å². The predicted octanol–water partition coefficient (Wildman–Crippen LogP) is 4.12. The second-order valence-electron chi connectivity index (χ2n) is 7.09. The second kappa shape index (κ2) is 7.80. The summed E-state index contributed by atoms with van der Waals surface area (Å²) < 4.78 is 0. The average molecular weight is 400 g/mol. The van der Waals surface area contributed by atoms with Crippen LogP contribution in [-0.4, -0.2) is 40.4 Å². The summed E-state index contributed by atoms with van der Waals surface area (Å²) in [6, 6.07) is 15.0. The average Bonchev–Trinajstić information content (AvgIpc) is 3.16. The highest BCUT2D eigenvalue weighted by Crippen LogP contribution is 2.50. The van der Waals surface area contributed by atoms with Crippen molar-refractivity contribution in [2.24, 2.45) is 5.73 Å². The SMILES string of the molecule is CCC(N1c2ccccc2Sc2ccc(C(N)=S)cc21)N1CCCC1CO. The van der Waals surface area contributed by atoms with Gasteiger partial charge < -0.3 is 15.7 Å². The van der Waals surface area contributed by atoms with Gasteiger partial charge in [0.2, 0.25) is 0 Å². The second-order valence-corrected chi connectivity index (χ2v) is 8.62. The van der Waals surface area contributed by atoms with Gasteiger partial charge in [-0.25, -0.2) is 0 Å². The number of fused-ring (bicyclic) bond motifs is 2. The van der Waals surface area contributed by atoms with E-state index in [1.807, 2.05) is 6.07 Å². The van der Waals surface area contributed by atoms with Crippen LogP contribution in [0.3, 0.4) is 0 Å². The third-order valence-corrected chi connectivity index (χ3v) is 6.89. The third-order valence-electron chi connectivity index (χ3n) is 5.53. The Balaban J connectivity index is 1.85. The summed E-state index contributed by atoms with van der Waals surface area (Å²) in [7, 11) is 0. The first-order chi connectivity index (χ1) is 13.1. The lowest BCUT2D eigenvalue weighted by molar-refractivity contribution is 0.118. The van der Waals surface area contributed by atoms with Crippen molar-refractivity contribution >= 4 is 40.3 Å². The van der Waals surface area contributed by atoms with Crippen molar-refractivity contribution in [3.8, 4) is 0 Å². The molecule has 0 saturated carbocycles. The molecule has 4 nitrogen and oxygen atoms in total. The van der Waals surface area contributed by atoms with Gasteiger partial charge in [0, 0.05) is 27.9 Å². The third kappa shape index (κ3) is 3.36. The van der Waals surface area contributed by atoms with Crippen LogP contribution in [0, 0.1) is 0 Å². The minimum absolute atomic E-state index is 0.187. The highest BCUT2D eigenvalue weighted by atomic mass is 32.2. The van der Waals surface area contributed by atoms with Gasteiger partial charge in [0.1, 0.15) is 4.99 Å². The highest BCUT2D eigenvalue weighted by molar-refractivity contribution is 7.99. The van der Waals surface area contributed by atoms with Gasteiger partial charge in [0.05, 0.1) is 24.1 Å². The number of hydrogen-bond acceptors (Lipinski definition) is 5. The molecular weight excluding hydrogens is 374 g/mol. The molecule has 0 amide bonds. The molecule has 2 aromatic carbocycles. The van der Waals surface area contributed by atoms with Crippen molar-refractivity contribution < 1.29 is 5.11 Å². The number of aliphatic hydroxyl groups is 1. The number of benzene rings is 2. The first kappa shape index (κ1) is 18.7. The number of nitrogens with zero attached hydrogens (tertiary/aromatic N) is 2. The van der Waals surface area contributed by atoms with Crippen LogP contribution in [0.2, 0.25) is 0 Å². The number of anilines is 2. The Morgan fingerprint density at radius 1 is 1.26 bits per heavy atom. The van der Waals surface area contributed by atoms with E-state index in [4.69, 9.17) is 18.0 Å². The van der Waals surface area contributed by atoms with Crippen LogP contribution < -0.4 is 10.6 Å². The Morgan fingerprint density at radius 2 is 2.04 bits per heavy atom. The molecule has 1 fully saturated rings. The Morgan fingerprint density at radius 3 is 2.78 bits per heavy atom. The topological polar surface area (TPSA) is 52.7 Å². The van der Waals surface area contributed by atoms with Crippen molar-refractivity contribution in [1.82, 2.24) is 4.90 Å². The summed E-state index contributed by atoms with van der Waals surface area (Å²) in [4.78, 5) is 7.78. The zero-order chi connectivity index (χ0) is 19.0. The maximum Gasteiger partial charge on any atom is 0.104 e. The van der Waals surface area contributed by atoms with Crippen LogP contribution in [0.1, 0.15) is 31.7 Å². The van der Waals surface area contributed by atoms with Gasteiger partial charge in [0.25, 0.3) is 0 Å². The number of thiocarbonyl (C=S) groups is 1. The molecule has 2 unspecified atom stereocenters. The molecule has 27 heavy (non-hydrogen) atoms. The van der Waals surface area contributed by atoms with E-state index in [9.17, 15) is 5.11 Å². The van der Waals surface area contributed by atoms with Gasteiger partial charge in [0.15, 0.2) is 0 Å². The molecule has 2 aromatic rings. The summed E-state index contributed by atoms with van der Waals surface area (Å²) in [5, 5.41) is 9.89. The fraction of sp³-hybridized carbons (Fsp3) is 0.381. The van der Waals surface area contributed by atoms with E-state index in [2.05, 4.69) is 53.1 Å². The molecule has 142 valence electrons. The molecule has 4 rings (SSSR count). The van der Waals surface area contributed by atoms with E-state index >= 15 is 0 Å². The Hall–Kier alpha value is -1.60. The monoisotopic (exact) mass is 399 g/mol. The van der Waals surface area contributed by atoms with Crippen molar-refractivity contribution in [2.75, 3.05) is 18.1 Å². The van der Waals surface area contributed by atoms with Crippen LogP contribution in [0.25, 0.3) is 0 Å². The van der Waals surface area contributed by atoms with E-state index < -0.39 is 0 Å². The Labute approximate surface area is 170 Å². The number of nitrogens with two attached hydrogens (primary N) is 1. The van der Waals surface area contributed by atoms with Gasteiger partial charge >= 0.3 is 0 Å². The number of hydrogen-bond donors (Lipinski definition) is 2. The molecule has 6 heteroatoms. The molecule has 0 radical (unpaired) electrons. The normalized spacial score (nSPS) is 20.2. The molecule has 0 aromatic heterocycles. The van der Waals surface area contributed by atoms with Crippen molar-refractivity contribution in [3.63, 3.8) is 0 Å². The van der Waals surface area contributed by atoms with E-state index in [1.54, 1.807) is 11.8 Å². The smallest absolute Gasteiger partial charge is 0.104 e. The Kier molecular flexibility index (Phi) is 5.41. The number of aliphatic hydroxyl groups excluding tert-OH is 1. The zero-order valence-electron chi connectivity index (χ0n) is 15.5. The van der Waals surface area contributed by atoms with Crippen LogP contribution in [0.15, 0.2) is 52.3 Å². The summed E-state index contributed by atoms with van der Waals surface area (Å²) >= 11 is 7.02. The molecule has 0 spiro atoms. The van der Waals surface area contributed by atoms with Crippen LogP contribution in [0.5, 0.6) is 0 Å². The van der Waals surface area contributed by atoms with Crippen molar-refractivity contribution in [3.05, 3.63) is 48.0 Å². The molecule has 2 heterocycles. The lowest BCUT2D eigenvalue weighted by Gasteiger charge is -2.44. The maximum absolute atomic E-state index is 9.89. The zero-order valence-corrected chi connectivity index (χ0v) is 17.1. The first-order valence-corrected chi connectivity index (χ1v) is 10.7. The van der Waals surface area contributed by atoms with Gasteiger partial charge in [-0.15, -0.1) is 0 Å². The minimum atomic E-state index is 0.187. The van der Waals surface area contributed by atoms with Gasteiger partial charge in [-0.3, -0.25) is 4.90 Å². The predicted molar refractivity (Wildman–Crippen MR) is 116 cm³/mol. The molecule has 2 aliphatic rings. The van der Waals surface area contributed by atoms with Gasteiger partial charge in [-0.2, -0.15) is 0 Å². The lowest BCUT2D eigenvalue weighted by atomic mass is 10.1. The largest absolute Gasteiger partial charge is 0.395 e. The number of likely N-dealkylation sites (tertiary alicyclic amines) is 1. The lowest BCUT2D eigenvalue weighted by Crippen LogP contribution is -2.50. The van der Waals surface area contributed by atoms with E-state index in [0.29, 0.717) is 4.99 Å². The first-order valence-electron chi connectivity index (χ1n) is 9.50. The molecule has 0 bridgehead atoms. The van der Waals surface area contributed by atoms with Crippen LogP contribution in [-0.2, 0) is 0 Å². The van der Waals surface area contributed by atoms with Gasteiger partial charge in [-0.05, 0) is 43.5 Å². The molecule has 0 aliphatic carbocycles. The maximum atomic E-state index is 9.89. The van der Waals surface area contributed by atoms with Crippen molar-refractivity contribution in [2.45, 2.75) is 48.2 Å². The summed E-state index contributed by atoms with van der Waals surface area (Å²) in [5.74, 6) is 0. The summed E-state index contributed by atoms with van der Waals surface area (Å²) in [6.45, 7) is 3.44. The fourth-order valence-electron chi connectivity index (χ4n) is 4.27. The fourth-order valence-corrected chi connectivity index (χ4v) is 5.45. The van der Waals surface area contributed by atoms with Crippen molar-refractivity contribution in [1.29, 1.82) is 0 Å².